The summed E-state index contributed by atoms with van der Waals surface area (Å²) in [7, 11) is 1.88. The van der Waals surface area contributed by atoms with Crippen LogP contribution in [0.3, 0.4) is 0 Å². The van der Waals surface area contributed by atoms with E-state index in [4.69, 9.17) is 4.52 Å². The lowest BCUT2D eigenvalue weighted by Gasteiger charge is -2.40. The molecule has 5 nitrogen and oxygen atoms in total. The van der Waals surface area contributed by atoms with Crippen molar-refractivity contribution in [1.82, 2.24) is 15.0 Å². The third kappa shape index (κ3) is 3.77. The molecule has 23 heavy (non-hydrogen) atoms. The van der Waals surface area contributed by atoms with Crippen molar-refractivity contribution in [3.63, 3.8) is 0 Å². The van der Waals surface area contributed by atoms with Gasteiger partial charge in [0.05, 0.1) is 6.04 Å². The zero-order valence-corrected chi connectivity index (χ0v) is 14.4. The van der Waals surface area contributed by atoms with Crippen LogP contribution in [0.1, 0.15) is 63.6 Å². The van der Waals surface area contributed by atoms with Crippen LogP contribution in [0.5, 0.6) is 0 Å². The van der Waals surface area contributed by atoms with Crippen molar-refractivity contribution >= 4 is 5.91 Å². The van der Waals surface area contributed by atoms with E-state index in [1.54, 1.807) is 6.26 Å². The first-order chi connectivity index (χ1) is 11.2. The number of nitrogens with zero attached hydrogens (tertiary/aromatic N) is 3. The highest BCUT2D eigenvalue weighted by atomic mass is 16.5. The molecule has 1 aromatic heterocycles. The molecule has 1 aliphatic heterocycles. The number of carbonyl (C=O) groups excluding carboxylic acids is 1. The van der Waals surface area contributed by atoms with E-state index in [1.165, 1.54) is 32.1 Å². The van der Waals surface area contributed by atoms with Crippen LogP contribution in [0.2, 0.25) is 0 Å². The van der Waals surface area contributed by atoms with Crippen LogP contribution in [0.25, 0.3) is 0 Å². The summed E-state index contributed by atoms with van der Waals surface area (Å²) < 4.78 is 4.90. The van der Waals surface area contributed by atoms with Crippen LogP contribution < -0.4 is 0 Å². The van der Waals surface area contributed by atoms with Crippen LogP contribution in [0, 0.1) is 5.92 Å². The molecular formula is C18H29N3O2. The Morgan fingerprint density at radius 2 is 1.96 bits per heavy atom. The van der Waals surface area contributed by atoms with Crippen molar-refractivity contribution in [2.24, 2.45) is 5.92 Å². The number of rotatable bonds is 4. The molecule has 1 atom stereocenters. The summed E-state index contributed by atoms with van der Waals surface area (Å²) >= 11 is 0. The molecule has 0 aromatic carbocycles. The van der Waals surface area contributed by atoms with Gasteiger partial charge < -0.3 is 14.3 Å². The topological polar surface area (TPSA) is 49.6 Å². The van der Waals surface area contributed by atoms with E-state index in [9.17, 15) is 4.79 Å². The van der Waals surface area contributed by atoms with Crippen LogP contribution in [-0.4, -0.2) is 47.0 Å². The van der Waals surface area contributed by atoms with E-state index in [0.717, 1.165) is 37.7 Å². The summed E-state index contributed by atoms with van der Waals surface area (Å²) in [5.74, 6) is 0.415. The minimum absolute atomic E-state index is 0.0300. The largest absolute Gasteiger partial charge is 0.364 e. The fourth-order valence-electron chi connectivity index (χ4n) is 4.07. The van der Waals surface area contributed by atoms with E-state index in [1.807, 2.05) is 24.9 Å². The van der Waals surface area contributed by atoms with Crippen molar-refractivity contribution in [3.8, 4) is 0 Å². The van der Waals surface area contributed by atoms with E-state index >= 15 is 0 Å². The number of likely N-dealkylation sites (tertiary alicyclic amines) is 1. The molecule has 1 saturated heterocycles. The van der Waals surface area contributed by atoms with Crippen molar-refractivity contribution in [3.05, 3.63) is 18.0 Å². The lowest BCUT2D eigenvalue weighted by atomic mass is 9.89. The van der Waals surface area contributed by atoms with E-state index in [-0.39, 0.29) is 17.9 Å². The second-order valence-electron chi connectivity index (χ2n) is 7.15. The minimum atomic E-state index is -0.0300. The molecule has 1 amide bonds. The van der Waals surface area contributed by atoms with E-state index < -0.39 is 0 Å². The number of hydrogen-bond donors (Lipinski definition) is 0. The Labute approximate surface area is 139 Å². The fraction of sp³-hybridized carbons (Fsp3) is 0.778. The van der Waals surface area contributed by atoms with Gasteiger partial charge in [-0.1, -0.05) is 24.4 Å². The van der Waals surface area contributed by atoms with Crippen LogP contribution in [0.15, 0.2) is 16.9 Å². The van der Waals surface area contributed by atoms with Crippen molar-refractivity contribution in [2.45, 2.75) is 64.0 Å². The average Bonchev–Trinajstić information content (AvgIpc) is 3.15. The van der Waals surface area contributed by atoms with Gasteiger partial charge in [0.1, 0.15) is 12.0 Å². The molecule has 0 N–H and O–H groups in total. The minimum Gasteiger partial charge on any atom is -0.364 e. The molecule has 2 heterocycles. The maximum atomic E-state index is 12.8. The van der Waals surface area contributed by atoms with Gasteiger partial charge in [-0.2, -0.15) is 0 Å². The number of aromatic nitrogens is 1. The van der Waals surface area contributed by atoms with E-state index in [2.05, 4.69) is 10.1 Å². The zero-order chi connectivity index (χ0) is 16.2. The highest BCUT2D eigenvalue weighted by Gasteiger charge is 2.32. The number of piperidine rings is 1. The molecule has 1 unspecified atom stereocenters. The Morgan fingerprint density at radius 3 is 2.57 bits per heavy atom. The lowest BCUT2D eigenvalue weighted by Crippen LogP contribution is -2.46. The summed E-state index contributed by atoms with van der Waals surface area (Å²) in [6.07, 6.45) is 10.4. The van der Waals surface area contributed by atoms with Crippen molar-refractivity contribution < 1.29 is 9.32 Å². The normalized spacial score (nSPS) is 22.9. The molecule has 128 valence electrons. The van der Waals surface area contributed by atoms with Gasteiger partial charge in [0.2, 0.25) is 5.91 Å². The third-order valence-electron chi connectivity index (χ3n) is 5.78. The van der Waals surface area contributed by atoms with Crippen LogP contribution >= 0.6 is 0 Å². The van der Waals surface area contributed by atoms with Crippen molar-refractivity contribution in [1.29, 1.82) is 0 Å². The first kappa shape index (κ1) is 16.5. The fourth-order valence-corrected chi connectivity index (χ4v) is 4.07. The number of hydrogen-bond acceptors (Lipinski definition) is 4. The van der Waals surface area contributed by atoms with Crippen LogP contribution in [0.4, 0.5) is 0 Å². The smallest absolute Gasteiger partial charge is 0.226 e. The molecule has 0 bridgehead atoms. The molecule has 5 heteroatoms. The number of amides is 1. The van der Waals surface area contributed by atoms with Gasteiger partial charge in [-0.25, -0.2) is 0 Å². The van der Waals surface area contributed by atoms with Crippen molar-refractivity contribution in [2.75, 3.05) is 20.1 Å². The van der Waals surface area contributed by atoms with Gasteiger partial charge in [-0.15, -0.1) is 0 Å². The predicted octanol–water partition coefficient (Wildman–Crippen LogP) is 3.24. The summed E-state index contributed by atoms with van der Waals surface area (Å²) in [6, 6.07) is 2.57. The van der Waals surface area contributed by atoms with Gasteiger partial charge in [0, 0.05) is 25.1 Å². The Balaban J connectivity index is 1.51. The molecule has 2 fully saturated rings. The van der Waals surface area contributed by atoms with Gasteiger partial charge in [-0.3, -0.25) is 4.79 Å². The Kier molecular flexibility index (Phi) is 5.36. The summed E-state index contributed by atoms with van der Waals surface area (Å²) in [4.78, 5) is 17.2. The Morgan fingerprint density at radius 1 is 1.26 bits per heavy atom. The zero-order valence-electron chi connectivity index (χ0n) is 14.4. The van der Waals surface area contributed by atoms with Crippen LogP contribution in [-0.2, 0) is 4.79 Å². The highest BCUT2D eigenvalue weighted by Crippen LogP contribution is 2.29. The standard InChI is InChI=1S/C18H29N3O2/c1-14(17-10-13-23-19-17)20(2)18(22)15-8-11-21(12-9-15)16-6-4-3-5-7-16/h10,13-16H,3-9,11-12H2,1-2H3. The van der Waals surface area contributed by atoms with Gasteiger partial charge >= 0.3 is 0 Å². The maximum absolute atomic E-state index is 12.8. The molecule has 1 saturated carbocycles. The quantitative estimate of drug-likeness (QED) is 0.855. The van der Waals surface area contributed by atoms with Gasteiger partial charge in [0.15, 0.2) is 0 Å². The summed E-state index contributed by atoms with van der Waals surface area (Å²) in [5.41, 5.74) is 0.820. The molecule has 0 spiro atoms. The summed E-state index contributed by atoms with van der Waals surface area (Å²) in [6.45, 7) is 4.16. The molecule has 1 aromatic rings. The van der Waals surface area contributed by atoms with E-state index in [0.29, 0.717) is 0 Å². The first-order valence-corrected chi connectivity index (χ1v) is 9.08. The second kappa shape index (κ2) is 7.47. The second-order valence-corrected chi connectivity index (χ2v) is 7.15. The maximum Gasteiger partial charge on any atom is 0.226 e. The Bertz CT molecular complexity index is 488. The molecule has 1 aliphatic carbocycles. The molecular weight excluding hydrogens is 290 g/mol. The SMILES string of the molecule is CC(c1ccon1)N(C)C(=O)C1CCN(C2CCCCC2)CC1. The Hall–Kier alpha value is -1.36. The molecule has 2 aliphatic rings. The third-order valence-corrected chi connectivity index (χ3v) is 5.78. The molecule has 3 rings (SSSR count). The monoisotopic (exact) mass is 319 g/mol. The number of carbonyl (C=O) groups is 1. The van der Waals surface area contributed by atoms with Gasteiger partial charge in [-0.05, 0) is 45.7 Å². The highest BCUT2D eigenvalue weighted by molar-refractivity contribution is 5.79. The molecule has 0 radical (unpaired) electrons. The predicted molar refractivity (Wildman–Crippen MR) is 88.9 cm³/mol. The average molecular weight is 319 g/mol. The van der Waals surface area contributed by atoms with Gasteiger partial charge in [0.25, 0.3) is 0 Å². The first-order valence-electron chi connectivity index (χ1n) is 9.08. The lowest BCUT2D eigenvalue weighted by molar-refractivity contribution is -0.138. The summed E-state index contributed by atoms with van der Waals surface area (Å²) in [5, 5.41) is 3.96.